The quantitative estimate of drug-likeness (QED) is 0.675. The van der Waals surface area contributed by atoms with Gasteiger partial charge in [-0.15, -0.1) is 0 Å². The predicted octanol–water partition coefficient (Wildman–Crippen LogP) is 2.28. The Hall–Kier alpha value is -0.870. The Kier molecular flexibility index (Phi) is 6.52. The van der Waals surface area contributed by atoms with Gasteiger partial charge in [0.15, 0.2) is 0 Å². The molecule has 0 unspecified atom stereocenters. The lowest BCUT2D eigenvalue weighted by Gasteiger charge is -2.29. The normalized spacial score (nSPS) is 12.1. The smallest absolute Gasteiger partial charge is 0.0596 e. The van der Waals surface area contributed by atoms with E-state index in [1.54, 1.807) is 0 Å². The first kappa shape index (κ1) is 16.2. The molecule has 0 aliphatic heterocycles. The largest absolute Gasteiger partial charge is 0.396 e. The molecule has 1 aromatic rings. The summed E-state index contributed by atoms with van der Waals surface area (Å²) in [6.07, 6.45) is 3.10. The topological polar surface area (TPSA) is 50.1 Å². The molecule has 1 aromatic heterocycles. The molecule has 0 radical (unpaired) electrons. The Morgan fingerprint density at radius 3 is 2.47 bits per heavy atom. The van der Waals surface area contributed by atoms with Crippen molar-refractivity contribution in [2.75, 3.05) is 19.7 Å². The van der Waals surface area contributed by atoms with Crippen LogP contribution < -0.4 is 5.32 Å². The van der Waals surface area contributed by atoms with E-state index in [0.29, 0.717) is 0 Å². The molecule has 4 nitrogen and oxygen atoms in total. The van der Waals surface area contributed by atoms with Crippen LogP contribution in [0.4, 0.5) is 0 Å². The number of hydrogen-bond donors (Lipinski definition) is 2. The summed E-state index contributed by atoms with van der Waals surface area (Å²) in [5, 5.41) is 17.4. The summed E-state index contributed by atoms with van der Waals surface area (Å²) in [5.74, 6) is 0. The highest BCUT2D eigenvalue weighted by molar-refractivity contribution is 5.06. The summed E-state index contributed by atoms with van der Waals surface area (Å²) < 4.78 is 2.07. The minimum atomic E-state index is 0.0538. The van der Waals surface area contributed by atoms with Gasteiger partial charge in [0.05, 0.1) is 5.69 Å². The highest BCUT2D eigenvalue weighted by Crippen LogP contribution is 2.24. The Morgan fingerprint density at radius 1 is 1.32 bits per heavy atom. The number of rotatable bonds is 9. The second-order valence-corrected chi connectivity index (χ2v) is 5.55. The fourth-order valence-corrected chi connectivity index (χ4v) is 2.39. The van der Waals surface area contributed by atoms with Crippen LogP contribution in [0.5, 0.6) is 0 Å². The van der Waals surface area contributed by atoms with Crippen molar-refractivity contribution >= 4 is 0 Å². The summed E-state index contributed by atoms with van der Waals surface area (Å²) in [7, 11) is 0. The van der Waals surface area contributed by atoms with Crippen molar-refractivity contribution in [1.82, 2.24) is 15.1 Å². The van der Waals surface area contributed by atoms with E-state index in [1.807, 2.05) is 6.92 Å². The third kappa shape index (κ3) is 4.62. The highest BCUT2D eigenvalue weighted by atomic mass is 16.3. The maximum atomic E-state index is 9.50. The van der Waals surface area contributed by atoms with Crippen LogP contribution in [-0.4, -0.2) is 34.6 Å². The summed E-state index contributed by atoms with van der Waals surface area (Å²) in [5.41, 5.74) is 2.36. The number of aryl methyl sites for hydroxylation is 3. The molecule has 0 amide bonds. The zero-order valence-corrected chi connectivity index (χ0v) is 12.9. The lowest BCUT2D eigenvalue weighted by molar-refractivity contribution is 0.113. The summed E-state index contributed by atoms with van der Waals surface area (Å²) in [4.78, 5) is 0. The second-order valence-electron chi connectivity index (χ2n) is 5.55. The molecule has 0 spiro atoms. The Labute approximate surface area is 117 Å². The molecule has 0 saturated carbocycles. The third-order valence-corrected chi connectivity index (χ3v) is 4.16. The van der Waals surface area contributed by atoms with Gasteiger partial charge in [0.2, 0.25) is 0 Å². The van der Waals surface area contributed by atoms with Crippen molar-refractivity contribution < 1.29 is 5.11 Å². The van der Waals surface area contributed by atoms with Gasteiger partial charge in [-0.25, -0.2) is 0 Å². The number of hydrogen-bond acceptors (Lipinski definition) is 3. The van der Waals surface area contributed by atoms with E-state index in [0.717, 1.165) is 44.6 Å². The summed E-state index contributed by atoms with van der Waals surface area (Å²) in [6, 6.07) is 2.11. The second kappa shape index (κ2) is 7.65. The number of aliphatic hydroxyl groups is 1. The summed E-state index contributed by atoms with van der Waals surface area (Å²) in [6.45, 7) is 11.5. The molecule has 1 rings (SSSR count). The van der Waals surface area contributed by atoms with Crippen LogP contribution >= 0.6 is 0 Å². The highest BCUT2D eigenvalue weighted by Gasteiger charge is 2.24. The Morgan fingerprint density at radius 2 is 2.00 bits per heavy atom. The molecule has 4 heteroatoms. The lowest BCUT2D eigenvalue weighted by Crippen LogP contribution is -2.37. The Balaban J connectivity index is 2.26. The number of nitrogens with one attached hydrogen (secondary N) is 1. The average Bonchev–Trinajstić information content (AvgIpc) is 2.73. The Bertz CT molecular complexity index is 361. The van der Waals surface area contributed by atoms with Crippen molar-refractivity contribution in [3.63, 3.8) is 0 Å². The zero-order chi connectivity index (χ0) is 14.3. The SMILES string of the molecule is CCC(CC)(CO)CNCCCn1nc(C)cc1C. The van der Waals surface area contributed by atoms with E-state index < -0.39 is 0 Å². The van der Waals surface area contributed by atoms with Crippen LogP contribution in [0.15, 0.2) is 6.07 Å². The standard InChI is InChI=1S/C15H29N3O/c1-5-15(6-2,12-19)11-16-8-7-9-18-14(4)10-13(3)17-18/h10,16,19H,5-9,11-12H2,1-4H3. The molecule has 0 aliphatic rings. The first-order valence-corrected chi connectivity index (χ1v) is 7.39. The monoisotopic (exact) mass is 267 g/mol. The van der Waals surface area contributed by atoms with E-state index in [-0.39, 0.29) is 12.0 Å². The van der Waals surface area contributed by atoms with Gasteiger partial charge in [0.25, 0.3) is 0 Å². The summed E-state index contributed by atoms with van der Waals surface area (Å²) >= 11 is 0. The minimum Gasteiger partial charge on any atom is -0.396 e. The molecule has 0 bridgehead atoms. The van der Waals surface area contributed by atoms with Crippen molar-refractivity contribution in [3.8, 4) is 0 Å². The van der Waals surface area contributed by atoms with Crippen molar-refractivity contribution in [1.29, 1.82) is 0 Å². The van der Waals surface area contributed by atoms with Crippen molar-refractivity contribution in [2.45, 2.75) is 53.5 Å². The number of aromatic nitrogens is 2. The molecule has 2 N–H and O–H groups in total. The number of nitrogens with zero attached hydrogens (tertiary/aromatic N) is 2. The van der Waals surface area contributed by atoms with E-state index in [9.17, 15) is 5.11 Å². The molecule has 0 fully saturated rings. The van der Waals surface area contributed by atoms with Gasteiger partial charge in [-0.1, -0.05) is 13.8 Å². The van der Waals surface area contributed by atoms with Gasteiger partial charge < -0.3 is 10.4 Å². The first-order valence-electron chi connectivity index (χ1n) is 7.39. The predicted molar refractivity (Wildman–Crippen MR) is 79.3 cm³/mol. The molecule has 0 aliphatic carbocycles. The van der Waals surface area contributed by atoms with Gasteiger partial charge in [0.1, 0.15) is 0 Å². The van der Waals surface area contributed by atoms with Gasteiger partial charge in [-0.2, -0.15) is 5.10 Å². The van der Waals surface area contributed by atoms with Gasteiger partial charge in [-0.05, 0) is 45.7 Å². The van der Waals surface area contributed by atoms with Crippen LogP contribution in [-0.2, 0) is 6.54 Å². The van der Waals surface area contributed by atoms with Gasteiger partial charge >= 0.3 is 0 Å². The number of aliphatic hydroxyl groups excluding tert-OH is 1. The van der Waals surface area contributed by atoms with Gasteiger partial charge in [-0.3, -0.25) is 4.68 Å². The molecule has 110 valence electrons. The fourth-order valence-electron chi connectivity index (χ4n) is 2.39. The van der Waals surface area contributed by atoms with Crippen LogP contribution in [0.25, 0.3) is 0 Å². The maximum Gasteiger partial charge on any atom is 0.0596 e. The molecule has 0 atom stereocenters. The maximum absolute atomic E-state index is 9.50. The van der Waals surface area contributed by atoms with E-state index >= 15 is 0 Å². The van der Waals surface area contributed by atoms with Crippen LogP contribution in [0.3, 0.4) is 0 Å². The molecule has 19 heavy (non-hydrogen) atoms. The van der Waals surface area contributed by atoms with Crippen molar-refractivity contribution in [2.24, 2.45) is 5.41 Å². The van der Waals surface area contributed by atoms with Gasteiger partial charge in [0, 0.05) is 30.8 Å². The van der Waals surface area contributed by atoms with E-state index in [2.05, 4.69) is 41.9 Å². The first-order chi connectivity index (χ1) is 9.06. The van der Waals surface area contributed by atoms with Crippen LogP contribution in [0.1, 0.15) is 44.5 Å². The van der Waals surface area contributed by atoms with Crippen LogP contribution in [0, 0.1) is 19.3 Å². The van der Waals surface area contributed by atoms with Crippen molar-refractivity contribution in [3.05, 3.63) is 17.5 Å². The molecule has 1 heterocycles. The fraction of sp³-hybridized carbons (Fsp3) is 0.800. The molecular weight excluding hydrogens is 238 g/mol. The average molecular weight is 267 g/mol. The third-order valence-electron chi connectivity index (χ3n) is 4.16. The molecule has 0 saturated heterocycles. The van der Waals surface area contributed by atoms with Crippen LogP contribution in [0.2, 0.25) is 0 Å². The van der Waals surface area contributed by atoms with E-state index in [4.69, 9.17) is 0 Å². The molecular formula is C15H29N3O. The lowest BCUT2D eigenvalue weighted by atomic mass is 9.83. The zero-order valence-electron chi connectivity index (χ0n) is 12.9. The van der Waals surface area contributed by atoms with E-state index in [1.165, 1.54) is 5.69 Å². The minimum absolute atomic E-state index is 0.0538. The molecule has 0 aromatic carbocycles.